The predicted octanol–water partition coefficient (Wildman–Crippen LogP) is -3.39. The molecular formula is C14H20O10. The summed E-state index contributed by atoms with van der Waals surface area (Å²) in [5, 5.41) is 52.6. The van der Waals surface area contributed by atoms with E-state index in [0.29, 0.717) is 0 Å². The largest absolute Gasteiger partial charge is 0.382 e. The quantitative estimate of drug-likeness (QED) is 0.335. The highest BCUT2D eigenvalue weighted by Crippen LogP contribution is 2.46. The van der Waals surface area contributed by atoms with Crippen LogP contribution in [0.1, 0.15) is 33.1 Å². The van der Waals surface area contributed by atoms with Crippen LogP contribution >= 0.6 is 0 Å². The first-order valence-corrected chi connectivity index (χ1v) is 6.34. The molecule has 0 amide bonds. The first kappa shape index (κ1) is 14.8. The van der Waals surface area contributed by atoms with Gasteiger partial charge in [0.1, 0.15) is 12.2 Å². The molecule has 0 radical (unpaired) electrons. The Balaban J connectivity index is 3.94. The van der Waals surface area contributed by atoms with Crippen molar-refractivity contribution in [3.8, 4) is 0 Å². The zero-order valence-corrected chi connectivity index (χ0v) is 12.3. The number of hydrogen-bond donors (Lipinski definition) is 5. The molecule has 0 spiro atoms. The molecule has 0 aromatic rings. The van der Waals surface area contributed by atoms with Gasteiger partial charge in [0.05, 0.1) is 0 Å². The van der Waals surface area contributed by atoms with Crippen molar-refractivity contribution < 1.29 is 54.9 Å². The van der Waals surface area contributed by atoms with Gasteiger partial charge in [0.15, 0.2) is 35.0 Å². The van der Waals surface area contributed by atoms with Crippen molar-refractivity contribution in [1.82, 2.24) is 0 Å². The lowest BCUT2D eigenvalue weighted by Crippen LogP contribution is -2.87. The minimum absolute atomic E-state index is 1.12. The molecule has 24 heavy (non-hydrogen) atoms. The zero-order valence-electron chi connectivity index (χ0n) is 16.3. The highest BCUT2D eigenvalue weighted by molar-refractivity contribution is 6.05. The fourth-order valence-corrected chi connectivity index (χ4v) is 2.61. The van der Waals surface area contributed by atoms with Crippen LogP contribution in [0.2, 0.25) is 0 Å². The summed E-state index contributed by atoms with van der Waals surface area (Å²) in [4.78, 5) is 48.5. The molecule has 6 atom stereocenters. The Bertz CT molecular complexity index is 675. The molecule has 5 N–H and O–H groups in total. The van der Waals surface area contributed by atoms with Gasteiger partial charge in [-0.1, -0.05) is 0 Å². The Morgan fingerprint density at radius 1 is 0.958 bits per heavy atom. The maximum atomic E-state index is 12.4. The maximum Gasteiger partial charge on any atom is 0.213 e. The molecule has 10 nitrogen and oxygen atoms in total. The topological polar surface area (TPSA) is 179 Å². The van der Waals surface area contributed by atoms with E-state index in [2.05, 4.69) is 4.74 Å². The van der Waals surface area contributed by atoms with Crippen LogP contribution in [0.15, 0.2) is 0 Å². The van der Waals surface area contributed by atoms with Crippen LogP contribution in [0.5, 0.6) is 0 Å². The smallest absolute Gasteiger partial charge is 0.213 e. The van der Waals surface area contributed by atoms with Crippen LogP contribution in [-0.4, -0.2) is 84.0 Å². The summed E-state index contributed by atoms with van der Waals surface area (Å²) >= 11 is 0. The van der Waals surface area contributed by atoms with Crippen molar-refractivity contribution in [2.45, 2.75) is 62.9 Å². The van der Waals surface area contributed by atoms with E-state index in [1.54, 1.807) is 0 Å². The van der Waals surface area contributed by atoms with Gasteiger partial charge in [0.2, 0.25) is 11.2 Å². The fraction of sp³-hybridized carbons (Fsp3) is 0.714. The van der Waals surface area contributed by atoms with Gasteiger partial charge in [0, 0.05) is 5.48 Å². The molecule has 1 saturated heterocycles. The summed E-state index contributed by atoms with van der Waals surface area (Å²) in [7, 11) is 0. The van der Waals surface area contributed by atoms with E-state index in [1.807, 2.05) is 0 Å². The Hall–Kier alpha value is -1.56. The maximum absolute atomic E-state index is 12.4. The molecule has 0 aromatic carbocycles. The van der Waals surface area contributed by atoms with E-state index in [1.165, 1.54) is 0 Å². The predicted molar refractivity (Wildman–Crippen MR) is 74.5 cm³/mol. The molecule has 1 rings (SSSR count). The second-order valence-electron chi connectivity index (χ2n) is 5.33. The highest BCUT2D eigenvalue weighted by Gasteiger charge is 2.79. The Labute approximate surface area is 142 Å². The summed E-state index contributed by atoms with van der Waals surface area (Å²) in [6, 6.07) is 0. The molecule has 136 valence electrons. The van der Waals surface area contributed by atoms with E-state index in [-0.39, 0.29) is 0 Å². The lowest BCUT2D eigenvalue weighted by molar-refractivity contribution is -0.364. The molecule has 1 aliphatic heterocycles. The standard InChI is InChI=1S/C14H20O10/c1-5(15)9(19)10-12(21,6(2)16)14(23,8(4)18)13(22,7(3)17)11(20)24-10/h9-11,19-23H,1-4H3/t9?,10-,11?,12-,13+,14+/m1/s1/i1D,2D,3D,4D. The number of carbonyl (C=O) groups is 4. The summed E-state index contributed by atoms with van der Waals surface area (Å²) < 4.78 is 33.0. The number of carbonyl (C=O) groups excluding carboxylic acids is 4. The molecular weight excluding hydrogens is 328 g/mol. The van der Waals surface area contributed by atoms with Gasteiger partial charge in [0.25, 0.3) is 0 Å². The molecule has 0 aliphatic carbocycles. The first-order chi connectivity index (χ1) is 12.9. The minimum Gasteiger partial charge on any atom is -0.382 e. The van der Waals surface area contributed by atoms with Crippen LogP contribution in [0.4, 0.5) is 0 Å². The summed E-state index contributed by atoms with van der Waals surface area (Å²) in [5.41, 5.74) is -11.7. The van der Waals surface area contributed by atoms with E-state index in [9.17, 15) is 44.7 Å². The Morgan fingerprint density at radius 2 is 1.46 bits per heavy atom. The van der Waals surface area contributed by atoms with Crippen LogP contribution in [0, 0.1) is 0 Å². The molecule has 0 bridgehead atoms. The van der Waals surface area contributed by atoms with E-state index in [4.69, 9.17) is 5.48 Å². The third kappa shape index (κ3) is 2.26. The van der Waals surface area contributed by atoms with Crippen molar-refractivity contribution in [3.05, 3.63) is 0 Å². The second-order valence-corrected chi connectivity index (χ2v) is 5.33. The van der Waals surface area contributed by atoms with Crippen LogP contribution in [0.25, 0.3) is 0 Å². The lowest BCUT2D eigenvalue weighted by atomic mass is 9.60. The third-order valence-corrected chi connectivity index (χ3v) is 4.02. The highest BCUT2D eigenvalue weighted by atomic mass is 16.7. The molecule has 0 saturated carbocycles. The van der Waals surface area contributed by atoms with E-state index >= 15 is 0 Å². The van der Waals surface area contributed by atoms with Gasteiger partial charge in [-0.15, -0.1) is 0 Å². The van der Waals surface area contributed by atoms with Crippen LogP contribution in [-0.2, 0) is 23.9 Å². The van der Waals surface area contributed by atoms with Gasteiger partial charge in [-0.05, 0) is 27.6 Å². The van der Waals surface area contributed by atoms with Crippen molar-refractivity contribution in [2.75, 3.05) is 0 Å². The number of ether oxygens (including phenoxy) is 1. The molecule has 2 unspecified atom stereocenters. The number of aliphatic hydroxyl groups is 5. The van der Waals surface area contributed by atoms with Gasteiger partial charge in [-0.25, -0.2) is 0 Å². The molecule has 1 aliphatic rings. The van der Waals surface area contributed by atoms with Crippen molar-refractivity contribution >= 4 is 23.1 Å². The fourth-order valence-electron chi connectivity index (χ4n) is 2.61. The van der Waals surface area contributed by atoms with Crippen molar-refractivity contribution in [2.24, 2.45) is 0 Å². The average molecular weight is 352 g/mol. The number of aliphatic hydroxyl groups excluding tert-OH is 2. The Kier molecular flexibility index (Phi) is 3.73. The van der Waals surface area contributed by atoms with Crippen molar-refractivity contribution in [3.63, 3.8) is 0 Å². The third-order valence-electron chi connectivity index (χ3n) is 4.02. The van der Waals surface area contributed by atoms with Gasteiger partial charge >= 0.3 is 0 Å². The van der Waals surface area contributed by atoms with Crippen molar-refractivity contribution in [1.29, 1.82) is 0 Å². The van der Waals surface area contributed by atoms with Gasteiger partial charge in [-0.3, -0.25) is 19.2 Å². The van der Waals surface area contributed by atoms with Gasteiger partial charge < -0.3 is 30.3 Å². The zero-order chi connectivity index (χ0) is 22.1. The van der Waals surface area contributed by atoms with E-state index < -0.39 is 86.0 Å². The van der Waals surface area contributed by atoms with Crippen LogP contribution < -0.4 is 0 Å². The average Bonchev–Trinajstić information content (AvgIpc) is 2.71. The second kappa shape index (κ2) is 6.06. The molecule has 1 heterocycles. The monoisotopic (exact) mass is 352 g/mol. The van der Waals surface area contributed by atoms with E-state index in [0.717, 1.165) is 0 Å². The molecule has 10 heteroatoms. The normalized spacial score (nSPS) is 42.9. The summed E-state index contributed by atoms with van der Waals surface area (Å²) in [6.45, 7) is -5.37. The number of rotatable bonds is 5. The SMILES string of the molecule is [2H]CC(=O)C(O)[C@H]1OC(O)[C@@](O)(C(=O)C[2H])[C@](O)(C(=O)C[2H])[C@@]1(O)C(=O)C[2H]. The summed E-state index contributed by atoms with van der Waals surface area (Å²) in [6.07, 6.45) is -8.21. The molecule has 1 fully saturated rings. The Morgan fingerprint density at radius 3 is 1.92 bits per heavy atom. The van der Waals surface area contributed by atoms with Gasteiger partial charge in [-0.2, -0.15) is 0 Å². The number of hydrogen-bond acceptors (Lipinski definition) is 10. The minimum atomic E-state index is -4.05. The molecule has 0 aromatic heterocycles. The first-order valence-electron chi connectivity index (χ1n) is 9.17. The number of ketones is 4. The summed E-state index contributed by atoms with van der Waals surface area (Å²) in [5.74, 6) is -6.88. The number of Topliss-reactive ketones (excluding diaryl/α,β-unsaturated/α-hetero) is 4. The van der Waals surface area contributed by atoms with Crippen LogP contribution in [0.3, 0.4) is 0 Å². The lowest BCUT2D eigenvalue weighted by Gasteiger charge is -2.57.